The lowest BCUT2D eigenvalue weighted by atomic mass is 10.0. The molecule has 162 valence electrons. The van der Waals surface area contributed by atoms with Crippen LogP contribution in [0.3, 0.4) is 0 Å². The number of nitrogens with zero attached hydrogens (tertiary/aromatic N) is 3. The summed E-state index contributed by atoms with van der Waals surface area (Å²) in [5.74, 6) is 0.755. The summed E-state index contributed by atoms with van der Waals surface area (Å²) >= 11 is 0. The maximum Gasteiger partial charge on any atom is 0.254 e. The summed E-state index contributed by atoms with van der Waals surface area (Å²) in [4.78, 5) is 15.3. The number of amides is 1. The van der Waals surface area contributed by atoms with Crippen LogP contribution in [-0.2, 0) is 6.54 Å². The van der Waals surface area contributed by atoms with Crippen LogP contribution >= 0.6 is 0 Å². The Morgan fingerprint density at radius 2 is 1.81 bits per heavy atom. The van der Waals surface area contributed by atoms with Gasteiger partial charge in [-0.25, -0.2) is 0 Å². The number of ether oxygens (including phenoxy) is 1. The van der Waals surface area contributed by atoms with Crippen molar-refractivity contribution in [1.29, 1.82) is 0 Å². The average molecular weight is 419 g/mol. The standard InChI is InChI=1S/C25H30N4O2/c1-31-23-12-10-21(11-13-23)24(28-14-6-3-7-15-28)17-26-25(30)22-16-27-29(19-22)18-20-8-4-2-5-9-20/h2,4-5,8-13,16,19,24H,3,6-7,14-15,17-18H2,1H3,(H,26,30). The minimum atomic E-state index is -0.0881. The third-order valence-electron chi connectivity index (χ3n) is 5.87. The number of hydrogen-bond donors (Lipinski definition) is 1. The highest BCUT2D eigenvalue weighted by molar-refractivity contribution is 5.93. The SMILES string of the molecule is COc1ccc(C(CNC(=O)c2cnn(Cc3ccccc3)c2)N2CCCCC2)cc1. The van der Waals surface area contributed by atoms with Crippen molar-refractivity contribution in [3.05, 3.63) is 83.7 Å². The van der Waals surface area contributed by atoms with Gasteiger partial charge in [-0.2, -0.15) is 5.10 Å². The van der Waals surface area contributed by atoms with E-state index in [0.29, 0.717) is 18.7 Å². The Bertz CT molecular complexity index is 963. The van der Waals surface area contributed by atoms with E-state index in [9.17, 15) is 4.79 Å². The van der Waals surface area contributed by atoms with Crippen LogP contribution in [0.2, 0.25) is 0 Å². The van der Waals surface area contributed by atoms with Crippen LogP contribution in [0.5, 0.6) is 5.75 Å². The number of piperidine rings is 1. The zero-order chi connectivity index (χ0) is 21.5. The Kier molecular flexibility index (Phi) is 6.99. The largest absolute Gasteiger partial charge is 0.497 e. The van der Waals surface area contributed by atoms with Gasteiger partial charge in [-0.1, -0.05) is 48.9 Å². The molecule has 1 N–H and O–H groups in total. The fourth-order valence-corrected chi connectivity index (χ4v) is 4.14. The van der Waals surface area contributed by atoms with Gasteiger partial charge in [-0.15, -0.1) is 0 Å². The molecule has 2 aromatic carbocycles. The van der Waals surface area contributed by atoms with Crippen molar-refractivity contribution in [3.63, 3.8) is 0 Å². The molecule has 0 spiro atoms. The summed E-state index contributed by atoms with van der Waals surface area (Å²) < 4.78 is 7.10. The smallest absolute Gasteiger partial charge is 0.254 e. The molecule has 6 heteroatoms. The second-order valence-electron chi connectivity index (χ2n) is 8.01. The third-order valence-corrected chi connectivity index (χ3v) is 5.87. The number of aromatic nitrogens is 2. The number of likely N-dealkylation sites (tertiary alicyclic amines) is 1. The number of carbonyl (C=O) groups is 1. The molecule has 6 nitrogen and oxygen atoms in total. The van der Waals surface area contributed by atoms with E-state index < -0.39 is 0 Å². The molecular weight excluding hydrogens is 388 g/mol. The zero-order valence-electron chi connectivity index (χ0n) is 18.0. The van der Waals surface area contributed by atoms with Crippen molar-refractivity contribution in [2.24, 2.45) is 0 Å². The summed E-state index contributed by atoms with van der Waals surface area (Å²) in [6.45, 7) is 3.33. The fourth-order valence-electron chi connectivity index (χ4n) is 4.14. The Morgan fingerprint density at radius 3 is 2.52 bits per heavy atom. The van der Waals surface area contributed by atoms with Crippen molar-refractivity contribution in [2.45, 2.75) is 31.8 Å². The van der Waals surface area contributed by atoms with Gasteiger partial charge < -0.3 is 10.1 Å². The first kappa shape index (κ1) is 21.1. The summed E-state index contributed by atoms with van der Waals surface area (Å²) in [5.41, 5.74) is 2.94. The minimum Gasteiger partial charge on any atom is -0.497 e. The molecular formula is C25H30N4O2. The highest BCUT2D eigenvalue weighted by Gasteiger charge is 2.23. The predicted octanol–water partition coefficient (Wildman–Crippen LogP) is 3.90. The van der Waals surface area contributed by atoms with Crippen molar-refractivity contribution >= 4 is 5.91 Å². The van der Waals surface area contributed by atoms with Crippen LogP contribution in [0.4, 0.5) is 0 Å². The van der Waals surface area contributed by atoms with Gasteiger partial charge in [0, 0.05) is 12.7 Å². The minimum absolute atomic E-state index is 0.0881. The van der Waals surface area contributed by atoms with E-state index in [1.165, 1.54) is 24.8 Å². The molecule has 0 saturated carbocycles. The van der Waals surface area contributed by atoms with Gasteiger partial charge in [-0.05, 0) is 49.2 Å². The number of carbonyl (C=O) groups excluding carboxylic acids is 1. The average Bonchev–Trinajstić information content (AvgIpc) is 3.29. The second kappa shape index (κ2) is 10.3. The number of nitrogens with one attached hydrogen (secondary N) is 1. The van der Waals surface area contributed by atoms with E-state index in [2.05, 4.69) is 39.6 Å². The molecule has 1 saturated heterocycles. The molecule has 1 amide bonds. The number of hydrogen-bond acceptors (Lipinski definition) is 4. The first-order chi connectivity index (χ1) is 15.2. The van der Waals surface area contributed by atoms with Crippen LogP contribution in [0.15, 0.2) is 67.0 Å². The molecule has 1 aromatic heterocycles. The maximum absolute atomic E-state index is 12.8. The Hall–Kier alpha value is -3.12. The van der Waals surface area contributed by atoms with Crippen LogP contribution in [0.25, 0.3) is 0 Å². The molecule has 1 aliphatic heterocycles. The van der Waals surface area contributed by atoms with Crippen LogP contribution < -0.4 is 10.1 Å². The van der Waals surface area contributed by atoms with Crippen LogP contribution in [0, 0.1) is 0 Å². The molecule has 31 heavy (non-hydrogen) atoms. The van der Waals surface area contributed by atoms with Gasteiger partial charge in [0.2, 0.25) is 0 Å². The van der Waals surface area contributed by atoms with Crippen LogP contribution in [0.1, 0.15) is 46.8 Å². The molecule has 0 radical (unpaired) electrons. The predicted molar refractivity (Wildman–Crippen MR) is 121 cm³/mol. The quantitative estimate of drug-likeness (QED) is 0.603. The molecule has 3 aromatic rings. The van der Waals surface area contributed by atoms with Crippen molar-refractivity contribution in [3.8, 4) is 5.75 Å². The van der Waals surface area contributed by atoms with E-state index in [-0.39, 0.29) is 11.9 Å². The lowest BCUT2D eigenvalue weighted by Crippen LogP contribution is -2.40. The van der Waals surface area contributed by atoms with E-state index in [4.69, 9.17) is 4.74 Å². The summed E-state index contributed by atoms with van der Waals surface area (Å²) in [6, 6.07) is 18.4. The first-order valence-corrected chi connectivity index (χ1v) is 11.0. The van der Waals surface area contributed by atoms with Crippen molar-refractivity contribution < 1.29 is 9.53 Å². The van der Waals surface area contributed by atoms with Gasteiger partial charge >= 0.3 is 0 Å². The Morgan fingerprint density at radius 1 is 1.06 bits per heavy atom. The van der Waals surface area contributed by atoms with E-state index in [1.54, 1.807) is 18.0 Å². The monoisotopic (exact) mass is 418 g/mol. The summed E-state index contributed by atoms with van der Waals surface area (Å²) in [7, 11) is 1.68. The normalized spacial score (nSPS) is 15.4. The summed E-state index contributed by atoms with van der Waals surface area (Å²) in [5, 5.41) is 7.49. The molecule has 1 fully saturated rings. The Balaban J connectivity index is 1.42. The van der Waals surface area contributed by atoms with Gasteiger partial charge in [0.1, 0.15) is 5.75 Å². The fraction of sp³-hybridized carbons (Fsp3) is 0.360. The molecule has 4 rings (SSSR count). The van der Waals surface area contributed by atoms with E-state index in [0.717, 1.165) is 24.4 Å². The Labute approximate surface area is 183 Å². The molecule has 1 atom stereocenters. The van der Waals surface area contributed by atoms with Crippen molar-refractivity contribution in [1.82, 2.24) is 20.0 Å². The topological polar surface area (TPSA) is 59.4 Å². The lowest BCUT2D eigenvalue weighted by molar-refractivity contribution is 0.0924. The first-order valence-electron chi connectivity index (χ1n) is 11.0. The molecule has 0 aliphatic carbocycles. The number of benzene rings is 2. The number of methoxy groups -OCH3 is 1. The number of rotatable bonds is 8. The third kappa shape index (κ3) is 5.52. The second-order valence-corrected chi connectivity index (χ2v) is 8.01. The highest BCUT2D eigenvalue weighted by atomic mass is 16.5. The van der Waals surface area contributed by atoms with Gasteiger partial charge in [0.15, 0.2) is 0 Å². The van der Waals surface area contributed by atoms with E-state index >= 15 is 0 Å². The van der Waals surface area contributed by atoms with Crippen molar-refractivity contribution in [2.75, 3.05) is 26.7 Å². The summed E-state index contributed by atoms with van der Waals surface area (Å²) in [6.07, 6.45) is 7.13. The molecule has 2 heterocycles. The van der Waals surface area contributed by atoms with Gasteiger partial charge in [0.05, 0.1) is 31.5 Å². The van der Waals surface area contributed by atoms with Crippen LogP contribution in [-0.4, -0.2) is 47.3 Å². The lowest BCUT2D eigenvalue weighted by Gasteiger charge is -2.35. The molecule has 1 aliphatic rings. The van der Waals surface area contributed by atoms with Gasteiger partial charge in [0.25, 0.3) is 5.91 Å². The van der Waals surface area contributed by atoms with E-state index in [1.807, 2.05) is 36.5 Å². The molecule has 1 unspecified atom stereocenters. The zero-order valence-corrected chi connectivity index (χ0v) is 18.0. The van der Waals surface area contributed by atoms with Gasteiger partial charge in [-0.3, -0.25) is 14.4 Å². The molecule has 0 bridgehead atoms. The highest BCUT2D eigenvalue weighted by Crippen LogP contribution is 2.26. The maximum atomic E-state index is 12.8.